The van der Waals surface area contributed by atoms with Gasteiger partial charge in [0.1, 0.15) is 0 Å². The third-order valence-electron chi connectivity index (χ3n) is 5.15. The Hall–Kier alpha value is -2.99. The molecule has 6 heteroatoms. The molecule has 4 rings (SSSR count). The molecule has 1 unspecified atom stereocenters. The van der Waals surface area contributed by atoms with Gasteiger partial charge in [0.15, 0.2) is 0 Å². The van der Waals surface area contributed by atoms with Crippen molar-refractivity contribution >= 4 is 5.97 Å². The van der Waals surface area contributed by atoms with Gasteiger partial charge >= 0.3 is 5.97 Å². The standard InChI is InChI=1S/C21H22N4O2/c1-24-10-8-18(14-24)25-20(15-5-3-2-4-6-15)17(13-23-25)11-16-12-22-9-7-19(16)21(26)27/h2-7,9,12-13,18H,8,10-11,14H2,1H3,(H,26,27). The monoisotopic (exact) mass is 362 g/mol. The number of carbonyl (C=O) groups is 1. The van der Waals surface area contributed by atoms with Crippen LogP contribution in [-0.2, 0) is 6.42 Å². The van der Waals surface area contributed by atoms with Crippen molar-refractivity contribution in [3.63, 3.8) is 0 Å². The summed E-state index contributed by atoms with van der Waals surface area (Å²) in [6, 6.07) is 12.1. The molecule has 0 amide bonds. The number of hydrogen-bond donors (Lipinski definition) is 1. The summed E-state index contributed by atoms with van der Waals surface area (Å²) < 4.78 is 2.12. The van der Waals surface area contributed by atoms with Crippen LogP contribution in [0.5, 0.6) is 0 Å². The summed E-state index contributed by atoms with van der Waals surface area (Å²) in [7, 11) is 2.13. The molecule has 138 valence electrons. The van der Waals surface area contributed by atoms with Crippen molar-refractivity contribution in [2.45, 2.75) is 18.9 Å². The number of nitrogens with zero attached hydrogens (tertiary/aromatic N) is 4. The van der Waals surface area contributed by atoms with Gasteiger partial charge in [0.2, 0.25) is 0 Å². The fraction of sp³-hybridized carbons (Fsp3) is 0.286. The van der Waals surface area contributed by atoms with Gasteiger partial charge in [-0.05, 0) is 31.6 Å². The molecule has 1 atom stereocenters. The maximum absolute atomic E-state index is 11.6. The average molecular weight is 362 g/mol. The van der Waals surface area contributed by atoms with Gasteiger partial charge in [0.25, 0.3) is 0 Å². The number of aromatic nitrogens is 3. The van der Waals surface area contributed by atoms with Gasteiger partial charge in [0.05, 0.1) is 23.5 Å². The molecule has 1 fully saturated rings. The lowest BCUT2D eigenvalue weighted by Gasteiger charge is -2.16. The number of carboxylic acids is 1. The van der Waals surface area contributed by atoms with Crippen LogP contribution < -0.4 is 0 Å². The van der Waals surface area contributed by atoms with Crippen molar-refractivity contribution in [3.8, 4) is 11.3 Å². The molecule has 0 aliphatic carbocycles. The maximum Gasteiger partial charge on any atom is 0.336 e. The summed E-state index contributed by atoms with van der Waals surface area (Å²) in [6.45, 7) is 2.02. The number of aromatic carboxylic acids is 1. The van der Waals surface area contributed by atoms with E-state index in [1.54, 1.807) is 12.3 Å². The quantitative estimate of drug-likeness (QED) is 0.755. The first-order valence-corrected chi connectivity index (χ1v) is 9.10. The first-order valence-electron chi connectivity index (χ1n) is 9.10. The van der Waals surface area contributed by atoms with E-state index in [0.29, 0.717) is 18.0 Å². The number of likely N-dealkylation sites (N-methyl/N-ethyl adjacent to an activating group) is 1. The molecule has 1 aliphatic rings. The van der Waals surface area contributed by atoms with Crippen LogP contribution in [0.15, 0.2) is 55.0 Å². The van der Waals surface area contributed by atoms with E-state index in [9.17, 15) is 9.90 Å². The van der Waals surface area contributed by atoms with E-state index >= 15 is 0 Å². The van der Waals surface area contributed by atoms with Gasteiger partial charge in [0, 0.05) is 36.5 Å². The van der Waals surface area contributed by atoms with Gasteiger partial charge in [-0.15, -0.1) is 0 Å². The summed E-state index contributed by atoms with van der Waals surface area (Å²) >= 11 is 0. The molecule has 2 aromatic heterocycles. The second kappa shape index (κ2) is 7.32. The average Bonchev–Trinajstić information content (AvgIpc) is 3.29. The van der Waals surface area contributed by atoms with Crippen LogP contribution in [0.2, 0.25) is 0 Å². The van der Waals surface area contributed by atoms with Crippen LogP contribution >= 0.6 is 0 Å². The maximum atomic E-state index is 11.6. The highest BCUT2D eigenvalue weighted by molar-refractivity contribution is 5.89. The van der Waals surface area contributed by atoms with E-state index < -0.39 is 5.97 Å². The lowest BCUT2D eigenvalue weighted by atomic mass is 9.99. The van der Waals surface area contributed by atoms with E-state index in [0.717, 1.165) is 36.3 Å². The lowest BCUT2D eigenvalue weighted by molar-refractivity contribution is 0.0695. The smallest absolute Gasteiger partial charge is 0.336 e. The Bertz CT molecular complexity index is 952. The van der Waals surface area contributed by atoms with Gasteiger partial charge in [-0.1, -0.05) is 30.3 Å². The van der Waals surface area contributed by atoms with Crippen LogP contribution in [-0.4, -0.2) is 50.9 Å². The third-order valence-corrected chi connectivity index (χ3v) is 5.15. The number of pyridine rings is 1. The zero-order valence-corrected chi connectivity index (χ0v) is 15.2. The Labute approximate surface area is 158 Å². The van der Waals surface area contributed by atoms with Crippen molar-refractivity contribution in [2.24, 2.45) is 0 Å². The predicted octanol–water partition coefficient (Wildman–Crippen LogP) is 3.11. The van der Waals surface area contributed by atoms with Crippen molar-refractivity contribution in [1.29, 1.82) is 0 Å². The Morgan fingerprint density at radius 1 is 1.19 bits per heavy atom. The molecule has 0 saturated carbocycles. The minimum atomic E-state index is -0.932. The molecule has 1 N–H and O–H groups in total. The molecule has 1 aromatic carbocycles. The summed E-state index contributed by atoms with van der Waals surface area (Å²) in [4.78, 5) is 18.0. The fourth-order valence-electron chi connectivity index (χ4n) is 3.81. The van der Waals surface area contributed by atoms with Crippen LogP contribution in [0.1, 0.15) is 33.9 Å². The van der Waals surface area contributed by atoms with Crippen LogP contribution in [0.4, 0.5) is 0 Å². The SMILES string of the molecule is CN1CCC(n2ncc(Cc3cnccc3C(=O)O)c2-c2ccccc2)C1. The zero-order chi connectivity index (χ0) is 18.8. The summed E-state index contributed by atoms with van der Waals surface area (Å²) in [5, 5.41) is 14.2. The lowest BCUT2D eigenvalue weighted by Crippen LogP contribution is -2.18. The van der Waals surface area contributed by atoms with Crippen molar-refractivity contribution < 1.29 is 9.90 Å². The first-order chi connectivity index (χ1) is 13.1. The predicted molar refractivity (Wildman–Crippen MR) is 103 cm³/mol. The molecule has 0 spiro atoms. The van der Waals surface area contributed by atoms with Crippen LogP contribution in [0.3, 0.4) is 0 Å². The number of benzene rings is 1. The molecule has 6 nitrogen and oxygen atoms in total. The number of rotatable bonds is 5. The van der Waals surface area contributed by atoms with E-state index in [4.69, 9.17) is 5.10 Å². The number of carboxylic acid groups (broad SMARTS) is 1. The Morgan fingerprint density at radius 3 is 2.70 bits per heavy atom. The van der Waals surface area contributed by atoms with Crippen LogP contribution in [0.25, 0.3) is 11.3 Å². The molecule has 1 aliphatic heterocycles. The molecule has 1 saturated heterocycles. The number of likely N-dealkylation sites (tertiary alicyclic amines) is 1. The fourth-order valence-corrected chi connectivity index (χ4v) is 3.81. The molecule has 0 bridgehead atoms. The highest BCUT2D eigenvalue weighted by Gasteiger charge is 2.26. The molecule has 0 radical (unpaired) electrons. The Kier molecular flexibility index (Phi) is 4.73. The largest absolute Gasteiger partial charge is 0.478 e. The summed E-state index contributed by atoms with van der Waals surface area (Å²) in [5.41, 5.74) is 4.17. The molecular formula is C21H22N4O2. The van der Waals surface area contributed by atoms with Crippen molar-refractivity contribution in [2.75, 3.05) is 20.1 Å². The molecule has 27 heavy (non-hydrogen) atoms. The van der Waals surface area contributed by atoms with E-state index in [1.807, 2.05) is 24.4 Å². The first kappa shape index (κ1) is 17.4. The van der Waals surface area contributed by atoms with Gasteiger partial charge in [-0.25, -0.2) is 4.79 Å². The highest BCUT2D eigenvalue weighted by atomic mass is 16.4. The molecule has 3 aromatic rings. The van der Waals surface area contributed by atoms with Crippen LogP contribution in [0, 0.1) is 0 Å². The summed E-state index contributed by atoms with van der Waals surface area (Å²) in [5.74, 6) is -0.932. The summed E-state index contributed by atoms with van der Waals surface area (Å²) in [6.07, 6.45) is 6.58. The van der Waals surface area contributed by atoms with Gasteiger partial charge in [-0.2, -0.15) is 5.10 Å². The normalized spacial score (nSPS) is 17.3. The zero-order valence-electron chi connectivity index (χ0n) is 15.2. The highest BCUT2D eigenvalue weighted by Crippen LogP contribution is 2.31. The van der Waals surface area contributed by atoms with E-state index in [2.05, 4.69) is 33.7 Å². The van der Waals surface area contributed by atoms with Gasteiger partial charge < -0.3 is 10.0 Å². The second-order valence-electron chi connectivity index (χ2n) is 7.05. The van der Waals surface area contributed by atoms with E-state index in [1.165, 1.54) is 6.20 Å². The van der Waals surface area contributed by atoms with E-state index in [-0.39, 0.29) is 5.56 Å². The molecular weight excluding hydrogens is 340 g/mol. The molecule has 3 heterocycles. The second-order valence-corrected chi connectivity index (χ2v) is 7.05. The topological polar surface area (TPSA) is 71.2 Å². The van der Waals surface area contributed by atoms with Crippen molar-refractivity contribution in [1.82, 2.24) is 19.7 Å². The van der Waals surface area contributed by atoms with Crippen molar-refractivity contribution in [3.05, 3.63) is 71.7 Å². The Morgan fingerprint density at radius 2 is 2.00 bits per heavy atom. The third kappa shape index (κ3) is 3.48. The minimum absolute atomic E-state index is 0.289. The van der Waals surface area contributed by atoms with Gasteiger partial charge in [-0.3, -0.25) is 9.67 Å². The minimum Gasteiger partial charge on any atom is -0.478 e. The number of hydrogen-bond acceptors (Lipinski definition) is 4. The Balaban J connectivity index is 1.78.